The van der Waals surface area contributed by atoms with Gasteiger partial charge in [0.2, 0.25) is 0 Å². The van der Waals surface area contributed by atoms with Gasteiger partial charge in [0.1, 0.15) is 0 Å². The summed E-state index contributed by atoms with van der Waals surface area (Å²) in [5, 5.41) is 0. The molecule has 4 nitrogen and oxygen atoms in total. The summed E-state index contributed by atoms with van der Waals surface area (Å²) >= 11 is 0. The maximum atomic E-state index is 11.9. The molecule has 0 aliphatic rings. The van der Waals surface area contributed by atoms with Crippen LogP contribution >= 0.6 is 0 Å². The summed E-state index contributed by atoms with van der Waals surface area (Å²) in [4.78, 5) is 0. The third-order valence-electron chi connectivity index (χ3n) is 7.95. The standard InChI is InChI=1S/C34H70O4S.K.H/c1-3-5-7-9-11-13-15-17-19-20-22-24-26-28-30-32-34-38-39(35,36)37-33-31-29-27-25-23-21-18-16-14-12-10-8-6-4-2;;/h3-34H2,1-2H3;;/q;+1;-1. The summed E-state index contributed by atoms with van der Waals surface area (Å²) in [6.07, 6.45) is 38.9. The second-order valence-electron chi connectivity index (χ2n) is 12.0. The molecule has 0 unspecified atom stereocenters. The molecule has 238 valence electrons. The zero-order chi connectivity index (χ0) is 28.5. The number of hydrogen-bond donors (Lipinski definition) is 0. The van der Waals surface area contributed by atoms with Gasteiger partial charge in [0.05, 0.1) is 13.2 Å². The predicted molar refractivity (Wildman–Crippen MR) is 172 cm³/mol. The molecule has 0 aliphatic carbocycles. The molecule has 0 amide bonds. The molecule has 0 fully saturated rings. The quantitative estimate of drug-likeness (QED) is 0.0536. The Morgan fingerprint density at radius 2 is 0.525 bits per heavy atom. The van der Waals surface area contributed by atoms with Crippen LogP contribution < -0.4 is 51.4 Å². The van der Waals surface area contributed by atoms with Crippen molar-refractivity contribution in [2.24, 2.45) is 0 Å². The van der Waals surface area contributed by atoms with Gasteiger partial charge in [-0.1, -0.05) is 194 Å². The maximum Gasteiger partial charge on any atom is 1.00 e. The van der Waals surface area contributed by atoms with Gasteiger partial charge in [-0.05, 0) is 12.8 Å². The molecule has 0 saturated heterocycles. The van der Waals surface area contributed by atoms with E-state index < -0.39 is 10.4 Å². The third-order valence-corrected chi connectivity index (χ3v) is 8.86. The van der Waals surface area contributed by atoms with E-state index in [9.17, 15) is 8.42 Å². The van der Waals surface area contributed by atoms with Crippen LogP contribution in [-0.2, 0) is 18.8 Å². The summed E-state index contributed by atoms with van der Waals surface area (Å²) in [7, 11) is -3.82. The molecular weight excluding hydrogens is 544 g/mol. The molecule has 0 radical (unpaired) electrons. The van der Waals surface area contributed by atoms with Crippen LogP contribution in [0.3, 0.4) is 0 Å². The molecule has 0 aromatic rings. The first-order valence-electron chi connectivity index (χ1n) is 17.7. The van der Waals surface area contributed by atoms with Crippen molar-refractivity contribution in [3.8, 4) is 0 Å². The van der Waals surface area contributed by atoms with E-state index in [4.69, 9.17) is 8.37 Å². The van der Waals surface area contributed by atoms with Gasteiger partial charge in [0, 0.05) is 0 Å². The van der Waals surface area contributed by atoms with Crippen molar-refractivity contribution in [3.63, 3.8) is 0 Å². The van der Waals surface area contributed by atoms with E-state index in [1.165, 1.54) is 167 Å². The smallest absolute Gasteiger partial charge is 1.00 e. The van der Waals surface area contributed by atoms with Gasteiger partial charge in [0.25, 0.3) is 0 Å². The van der Waals surface area contributed by atoms with E-state index in [0.29, 0.717) is 0 Å². The van der Waals surface area contributed by atoms with Gasteiger partial charge in [-0.2, -0.15) is 8.42 Å². The van der Waals surface area contributed by atoms with Crippen LogP contribution in [0.15, 0.2) is 0 Å². The van der Waals surface area contributed by atoms with E-state index in [1.54, 1.807) is 0 Å². The molecule has 0 bridgehead atoms. The number of unbranched alkanes of at least 4 members (excludes halogenated alkanes) is 28. The van der Waals surface area contributed by atoms with Crippen molar-refractivity contribution in [1.82, 2.24) is 0 Å². The monoisotopic (exact) mass is 614 g/mol. The molecule has 40 heavy (non-hydrogen) atoms. The molecule has 0 spiro atoms. The summed E-state index contributed by atoms with van der Waals surface area (Å²) < 4.78 is 33.8. The van der Waals surface area contributed by atoms with Crippen molar-refractivity contribution >= 4 is 10.4 Å². The van der Waals surface area contributed by atoms with Gasteiger partial charge < -0.3 is 1.43 Å². The molecule has 0 heterocycles. The number of rotatable bonds is 34. The van der Waals surface area contributed by atoms with Gasteiger partial charge in [-0.15, -0.1) is 0 Å². The Labute approximate surface area is 296 Å². The van der Waals surface area contributed by atoms with Crippen LogP contribution in [0.1, 0.15) is 208 Å². The molecule has 0 atom stereocenters. The average molecular weight is 615 g/mol. The van der Waals surface area contributed by atoms with Crippen molar-refractivity contribution in [2.75, 3.05) is 13.2 Å². The molecule has 0 N–H and O–H groups in total. The Bertz CT molecular complexity index is 563. The normalized spacial score (nSPS) is 11.7. The van der Waals surface area contributed by atoms with Crippen LogP contribution in [0.25, 0.3) is 0 Å². The first-order valence-corrected chi connectivity index (χ1v) is 19.0. The Kier molecular flexibility index (Phi) is 40.0. The largest absolute Gasteiger partial charge is 1.00 e. The molecule has 0 saturated carbocycles. The molecular formula is C34H71KO4S. The predicted octanol–water partition coefficient (Wildman–Crippen LogP) is 9.12. The van der Waals surface area contributed by atoms with E-state index in [-0.39, 0.29) is 66.0 Å². The molecule has 6 heteroatoms. The Hall–Kier alpha value is 1.51. The van der Waals surface area contributed by atoms with Crippen LogP contribution in [0, 0.1) is 0 Å². The zero-order valence-corrected chi connectivity index (χ0v) is 31.6. The topological polar surface area (TPSA) is 52.6 Å². The average Bonchev–Trinajstić information content (AvgIpc) is 2.92. The first-order chi connectivity index (χ1) is 19.1. The number of hydrogen-bond acceptors (Lipinski definition) is 4. The minimum absolute atomic E-state index is 0. The summed E-state index contributed by atoms with van der Waals surface area (Å²) in [6.45, 7) is 5.05. The Balaban J connectivity index is -0.00000722. The minimum Gasteiger partial charge on any atom is -1.00 e. The van der Waals surface area contributed by atoms with Gasteiger partial charge in [0.15, 0.2) is 0 Å². The van der Waals surface area contributed by atoms with Crippen LogP contribution in [-0.4, -0.2) is 21.6 Å². The SMILES string of the molecule is CCCCCCCCCCCCCCCCCCOS(=O)(=O)OCCCCCCCCCCCCCCCC.[H-].[K+]. The molecule has 0 aromatic heterocycles. The molecule has 0 rings (SSSR count). The van der Waals surface area contributed by atoms with Crippen molar-refractivity contribution < 1.29 is 69.6 Å². The third kappa shape index (κ3) is 37.5. The second kappa shape index (κ2) is 36.7. The zero-order valence-electron chi connectivity index (χ0n) is 28.7. The summed E-state index contributed by atoms with van der Waals surface area (Å²) in [6, 6.07) is 0. The summed E-state index contributed by atoms with van der Waals surface area (Å²) in [5.41, 5.74) is 0. The van der Waals surface area contributed by atoms with Gasteiger partial charge in [-0.25, -0.2) is 8.37 Å². The fourth-order valence-corrected chi connectivity index (χ4v) is 6.01. The van der Waals surface area contributed by atoms with Crippen molar-refractivity contribution in [1.29, 1.82) is 0 Å². The fourth-order valence-electron chi connectivity index (χ4n) is 5.30. The maximum absolute atomic E-state index is 11.9. The Morgan fingerprint density at radius 1 is 0.350 bits per heavy atom. The second-order valence-corrected chi connectivity index (χ2v) is 13.2. The first kappa shape index (κ1) is 43.6. The van der Waals surface area contributed by atoms with Crippen LogP contribution in [0.5, 0.6) is 0 Å². The molecule has 0 aromatic carbocycles. The van der Waals surface area contributed by atoms with E-state index in [2.05, 4.69) is 13.8 Å². The minimum atomic E-state index is -3.82. The molecule has 0 aliphatic heterocycles. The van der Waals surface area contributed by atoms with E-state index in [1.807, 2.05) is 0 Å². The van der Waals surface area contributed by atoms with Crippen molar-refractivity contribution in [3.05, 3.63) is 0 Å². The summed E-state index contributed by atoms with van der Waals surface area (Å²) in [5.74, 6) is 0. The van der Waals surface area contributed by atoms with Crippen LogP contribution in [0.2, 0.25) is 0 Å². The van der Waals surface area contributed by atoms with Gasteiger partial charge >= 0.3 is 61.8 Å². The fraction of sp³-hybridized carbons (Fsp3) is 1.00. The van der Waals surface area contributed by atoms with E-state index in [0.717, 1.165) is 25.7 Å². The van der Waals surface area contributed by atoms with Crippen LogP contribution in [0.4, 0.5) is 0 Å². The van der Waals surface area contributed by atoms with Crippen molar-refractivity contribution in [2.45, 2.75) is 206 Å². The van der Waals surface area contributed by atoms with Gasteiger partial charge in [-0.3, -0.25) is 0 Å². The Morgan fingerprint density at radius 3 is 0.725 bits per heavy atom. The van der Waals surface area contributed by atoms with E-state index >= 15 is 0 Å².